The van der Waals surface area contributed by atoms with Gasteiger partial charge in [0, 0.05) is 15.4 Å². The van der Waals surface area contributed by atoms with Gasteiger partial charge in [-0.15, -0.1) is 0 Å². The van der Waals surface area contributed by atoms with Gasteiger partial charge in [0.05, 0.1) is 21.4 Å². The van der Waals surface area contributed by atoms with Gasteiger partial charge in [-0.3, -0.25) is 4.40 Å². The lowest BCUT2D eigenvalue weighted by Crippen LogP contribution is -1.92. The summed E-state index contributed by atoms with van der Waals surface area (Å²) < 4.78 is 4.53. The summed E-state index contributed by atoms with van der Waals surface area (Å²) >= 11 is 5.32. The highest BCUT2D eigenvalue weighted by Gasteiger charge is 2.19. The van der Waals surface area contributed by atoms with Crippen molar-refractivity contribution in [3.63, 3.8) is 0 Å². The van der Waals surface area contributed by atoms with E-state index in [1.807, 2.05) is 24.3 Å². The number of thiazole rings is 1. The van der Waals surface area contributed by atoms with Crippen molar-refractivity contribution in [2.45, 2.75) is 0 Å². The molecule has 6 rings (SSSR count). The molecule has 0 spiro atoms. The van der Waals surface area contributed by atoms with Crippen LogP contribution in [-0.4, -0.2) is 14.4 Å². The van der Waals surface area contributed by atoms with Crippen LogP contribution in [0.4, 0.5) is 0 Å². The van der Waals surface area contributed by atoms with Crippen molar-refractivity contribution in [1.29, 1.82) is 0 Å². The number of pyridine rings is 1. The third-order valence-electron chi connectivity index (χ3n) is 4.87. The largest absolute Gasteiger partial charge is 0.281 e. The van der Waals surface area contributed by atoms with Gasteiger partial charge < -0.3 is 0 Å². The molecule has 0 unspecified atom stereocenters. The van der Waals surface area contributed by atoms with E-state index in [1.165, 1.54) is 10.2 Å². The van der Waals surface area contributed by atoms with Crippen LogP contribution in [-0.2, 0) is 0 Å². The van der Waals surface area contributed by atoms with Gasteiger partial charge in [0.25, 0.3) is 0 Å². The van der Waals surface area contributed by atoms with Gasteiger partial charge in [-0.05, 0) is 30.3 Å². The molecule has 0 aliphatic carbocycles. The minimum absolute atomic E-state index is 0.959. The maximum atomic E-state index is 5.05. The zero-order chi connectivity index (χ0) is 18.0. The van der Waals surface area contributed by atoms with Crippen molar-refractivity contribution in [1.82, 2.24) is 14.4 Å². The highest BCUT2D eigenvalue weighted by molar-refractivity contribution is 9.10. The van der Waals surface area contributed by atoms with Gasteiger partial charge in [-0.1, -0.05) is 69.7 Å². The maximum Gasteiger partial charge on any atom is 0.195 e. The summed E-state index contributed by atoms with van der Waals surface area (Å²) in [6.07, 6.45) is 0. The first-order chi connectivity index (χ1) is 13.3. The molecule has 3 aromatic carbocycles. The van der Waals surface area contributed by atoms with Crippen LogP contribution in [0.5, 0.6) is 0 Å². The van der Waals surface area contributed by atoms with Crippen LogP contribution in [0.3, 0.4) is 0 Å². The number of para-hydroxylation sites is 2. The second kappa shape index (κ2) is 5.62. The molecule has 0 saturated carbocycles. The molecule has 0 radical (unpaired) electrons. The summed E-state index contributed by atoms with van der Waals surface area (Å²) in [4.78, 5) is 11.1. The average molecular weight is 430 g/mol. The normalized spacial score (nSPS) is 11.9. The number of hydrogen-bond acceptors (Lipinski definition) is 3. The zero-order valence-electron chi connectivity index (χ0n) is 14.1. The Labute approximate surface area is 167 Å². The Morgan fingerprint density at radius 3 is 2.63 bits per heavy atom. The van der Waals surface area contributed by atoms with Crippen LogP contribution in [0.1, 0.15) is 0 Å². The first-order valence-corrected chi connectivity index (χ1v) is 10.2. The number of nitrogens with zero attached hydrogens (tertiary/aromatic N) is 3. The van der Waals surface area contributed by atoms with Crippen LogP contribution in [0, 0.1) is 0 Å². The van der Waals surface area contributed by atoms with E-state index >= 15 is 0 Å². The van der Waals surface area contributed by atoms with Crippen molar-refractivity contribution in [3.05, 3.63) is 77.3 Å². The minimum Gasteiger partial charge on any atom is -0.281 e. The molecule has 0 saturated heterocycles. The number of rotatable bonds is 1. The van der Waals surface area contributed by atoms with E-state index < -0.39 is 0 Å². The summed E-state index contributed by atoms with van der Waals surface area (Å²) in [7, 11) is 0. The number of aromatic nitrogens is 3. The standard InChI is InChI=1S/C22H12BrN3S/c23-14-7-5-6-13(12-14)19-21-20(15-8-1-2-9-16(15)24-19)25-22-26(21)17-10-3-4-11-18(17)27-22/h1-12H. The monoisotopic (exact) mass is 429 g/mol. The molecule has 128 valence electrons. The fourth-order valence-electron chi connectivity index (χ4n) is 3.71. The molecule has 0 fully saturated rings. The van der Waals surface area contributed by atoms with Crippen molar-refractivity contribution in [3.8, 4) is 11.3 Å². The van der Waals surface area contributed by atoms with E-state index in [9.17, 15) is 0 Å². The van der Waals surface area contributed by atoms with Gasteiger partial charge in [-0.2, -0.15) is 0 Å². The Balaban J connectivity index is 1.89. The highest BCUT2D eigenvalue weighted by atomic mass is 79.9. The first-order valence-electron chi connectivity index (χ1n) is 8.64. The van der Waals surface area contributed by atoms with E-state index in [0.29, 0.717) is 0 Å². The number of fused-ring (bicyclic) bond motifs is 7. The van der Waals surface area contributed by atoms with E-state index in [-0.39, 0.29) is 0 Å². The highest BCUT2D eigenvalue weighted by Crippen LogP contribution is 2.37. The second-order valence-electron chi connectivity index (χ2n) is 6.48. The van der Waals surface area contributed by atoms with Crippen molar-refractivity contribution < 1.29 is 0 Å². The molecule has 0 N–H and O–H groups in total. The van der Waals surface area contributed by atoms with E-state index in [1.54, 1.807) is 11.3 Å². The average Bonchev–Trinajstić information content (AvgIpc) is 3.23. The molecule has 0 amide bonds. The van der Waals surface area contributed by atoms with Crippen LogP contribution in [0.15, 0.2) is 77.3 Å². The number of hydrogen-bond donors (Lipinski definition) is 0. The summed E-state index contributed by atoms with van der Waals surface area (Å²) in [5.74, 6) is 0. The molecule has 3 heterocycles. The topological polar surface area (TPSA) is 30.2 Å². The molecule has 5 heteroatoms. The lowest BCUT2D eigenvalue weighted by Gasteiger charge is -2.08. The summed E-state index contributed by atoms with van der Waals surface area (Å²) in [6, 6.07) is 25.0. The molecule has 27 heavy (non-hydrogen) atoms. The Morgan fingerprint density at radius 1 is 0.852 bits per heavy atom. The van der Waals surface area contributed by atoms with Crippen molar-refractivity contribution in [2.24, 2.45) is 0 Å². The molecule has 3 nitrogen and oxygen atoms in total. The molecule has 0 atom stereocenters. The van der Waals surface area contributed by atoms with Gasteiger partial charge in [0.15, 0.2) is 4.96 Å². The van der Waals surface area contributed by atoms with E-state index in [0.717, 1.165) is 42.6 Å². The molecule has 0 aliphatic rings. The number of halogens is 1. The number of benzene rings is 3. The van der Waals surface area contributed by atoms with Crippen LogP contribution >= 0.6 is 27.3 Å². The quantitative estimate of drug-likeness (QED) is 0.291. The predicted molar refractivity (Wildman–Crippen MR) is 117 cm³/mol. The fourth-order valence-corrected chi connectivity index (χ4v) is 5.13. The summed E-state index contributed by atoms with van der Waals surface area (Å²) in [5, 5.41) is 1.09. The number of imidazole rings is 1. The fraction of sp³-hybridized carbons (Fsp3) is 0. The van der Waals surface area contributed by atoms with Gasteiger partial charge in [0.1, 0.15) is 11.0 Å². The molecule has 0 bridgehead atoms. The molecule has 6 aromatic rings. The lowest BCUT2D eigenvalue weighted by atomic mass is 10.1. The Bertz CT molecular complexity index is 1490. The molecular weight excluding hydrogens is 418 g/mol. The SMILES string of the molecule is Brc1cccc(-c2nc3ccccc3c3nc4sc5ccccc5n4c23)c1. The Hall–Kier alpha value is -2.76. The molecule has 3 aromatic heterocycles. The van der Waals surface area contributed by atoms with Gasteiger partial charge in [-0.25, -0.2) is 9.97 Å². The summed E-state index contributed by atoms with van der Waals surface area (Å²) in [5.41, 5.74) is 6.26. The minimum atomic E-state index is 0.959. The van der Waals surface area contributed by atoms with Gasteiger partial charge in [0.2, 0.25) is 0 Å². The van der Waals surface area contributed by atoms with Crippen molar-refractivity contribution >= 4 is 64.4 Å². The maximum absolute atomic E-state index is 5.05. The molecule has 0 aliphatic heterocycles. The van der Waals surface area contributed by atoms with E-state index in [2.05, 4.69) is 68.9 Å². The Morgan fingerprint density at radius 2 is 1.70 bits per heavy atom. The van der Waals surface area contributed by atoms with Crippen LogP contribution in [0.2, 0.25) is 0 Å². The van der Waals surface area contributed by atoms with Crippen molar-refractivity contribution in [2.75, 3.05) is 0 Å². The molecular formula is C22H12BrN3S. The summed E-state index contributed by atoms with van der Waals surface area (Å²) in [6.45, 7) is 0. The second-order valence-corrected chi connectivity index (χ2v) is 8.41. The van der Waals surface area contributed by atoms with Crippen LogP contribution in [0.25, 0.3) is 48.4 Å². The lowest BCUT2D eigenvalue weighted by molar-refractivity contribution is 1.32. The third kappa shape index (κ3) is 2.19. The van der Waals surface area contributed by atoms with E-state index in [4.69, 9.17) is 9.97 Å². The predicted octanol–water partition coefficient (Wildman–Crippen LogP) is 6.68. The first kappa shape index (κ1) is 15.3. The Kier molecular flexibility index (Phi) is 3.19. The van der Waals surface area contributed by atoms with Crippen LogP contribution < -0.4 is 0 Å². The zero-order valence-corrected chi connectivity index (χ0v) is 16.5. The third-order valence-corrected chi connectivity index (χ3v) is 6.38. The van der Waals surface area contributed by atoms with Gasteiger partial charge >= 0.3 is 0 Å². The smallest absolute Gasteiger partial charge is 0.195 e.